The molecule has 0 spiro atoms. The molecule has 1 unspecified atom stereocenters. The van der Waals surface area contributed by atoms with Crippen molar-refractivity contribution < 1.29 is 23.5 Å². The van der Waals surface area contributed by atoms with Gasteiger partial charge in [-0.3, -0.25) is 4.90 Å². The van der Waals surface area contributed by atoms with Crippen molar-refractivity contribution in [1.82, 2.24) is 20.3 Å². The van der Waals surface area contributed by atoms with Crippen LogP contribution < -0.4 is 10.2 Å². The van der Waals surface area contributed by atoms with Crippen molar-refractivity contribution in [3.05, 3.63) is 33.2 Å². The van der Waals surface area contributed by atoms with Gasteiger partial charge in [0, 0.05) is 29.6 Å². The standard InChI is InChI=1S/C24H32ClN5O5S/c1-13(27-21(31)34-23(3,4)5)11-15-14(2)17-18(33-15)19(29-20(25)28-17)30(12-16-26-9-10-36-16)22(32)35-24(6,7)8/h9-10,13H,11-12H2,1-8H3,(H,27,31). The first-order valence-electron chi connectivity index (χ1n) is 11.5. The van der Waals surface area contributed by atoms with Crippen LogP contribution in [-0.4, -0.2) is 44.4 Å². The zero-order valence-electron chi connectivity index (χ0n) is 21.8. The normalized spacial score (nSPS) is 12.9. The molecule has 0 saturated heterocycles. The van der Waals surface area contributed by atoms with Crippen LogP contribution in [0.4, 0.5) is 15.4 Å². The summed E-state index contributed by atoms with van der Waals surface area (Å²) in [5, 5.41) is 5.26. The quantitative estimate of drug-likeness (QED) is 0.378. The van der Waals surface area contributed by atoms with E-state index >= 15 is 0 Å². The maximum atomic E-state index is 13.2. The first-order valence-corrected chi connectivity index (χ1v) is 12.7. The molecule has 0 aromatic carbocycles. The van der Waals surface area contributed by atoms with E-state index < -0.39 is 23.4 Å². The lowest BCUT2D eigenvalue weighted by Gasteiger charge is -2.26. The minimum absolute atomic E-state index is 0.0411. The molecule has 3 rings (SSSR count). The molecular weight excluding hydrogens is 506 g/mol. The number of nitrogens with zero attached hydrogens (tertiary/aromatic N) is 4. The van der Waals surface area contributed by atoms with Gasteiger partial charge in [0.15, 0.2) is 11.4 Å². The third-order valence-corrected chi connectivity index (χ3v) is 5.65. The summed E-state index contributed by atoms with van der Waals surface area (Å²) in [6, 6.07) is -0.303. The molecule has 0 radical (unpaired) electrons. The molecule has 0 fully saturated rings. The van der Waals surface area contributed by atoms with E-state index in [1.54, 1.807) is 47.7 Å². The van der Waals surface area contributed by atoms with E-state index in [9.17, 15) is 9.59 Å². The number of hydrogen-bond donors (Lipinski definition) is 1. The molecule has 1 atom stereocenters. The Morgan fingerprint density at radius 2 is 1.83 bits per heavy atom. The van der Waals surface area contributed by atoms with E-state index in [1.807, 2.05) is 19.2 Å². The zero-order chi connectivity index (χ0) is 26.8. The molecule has 0 aliphatic heterocycles. The molecule has 196 valence electrons. The summed E-state index contributed by atoms with van der Waals surface area (Å²) in [6.07, 6.45) is 0.873. The Balaban J connectivity index is 1.98. The van der Waals surface area contributed by atoms with E-state index in [2.05, 4.69) is 20.3 Å². The highest BCUT2D eigenvalue weighted by molar-refractivity contribution is 7.09. The van der Waals surface area contributed by atoms with Gasteiger partial charge in [0.2, 0.25) is 5.28 Å². The number of halogens is 1. The van der Waals surface area contributed by atoms with Crippen molar-refractivity contribution in [3.63, 3.8) is 0 Å². The van der Waals surface area contributed by atoms with Gasteiger partial charge in [-0.15, -0.1) is 11.3 Å². The number of thiazole rings is 1. The third kappa shape index (κ3) is 7.30. The number of anilines is 1. The first kappa shape index (κ1) is 27.7. The monoisotopic (exact) mass is 537 g/mol. The van der Waals surface area contributed by atoms with Crippen LogP contribution in [0.1, 0.15) is 64.8 Å². The summed E-state index contributed by atoms with van der Waals surface area (Å²) >= 11 is 7.67. The Morgan fingerprint density at radius 1 is 1.17 bits per heavy atom. The average molecular weight is 538 g/mol. The maximum Gasteiger partial charge on any atom is 0.416 e. The number of furan rings is 1. The van der Waals surface area contributed by atoms with Gasteiger partial charge in [0.05, 0.1) is 6.54 Å². The molecule has 3 heterocycles. The van der Waals surface area contributed by atoms with Crippen LogP contribution in [-0.2, 0) is 22.4 Å². The number of amides is 2. The van der Waals surface area contributed by atoms with E-state index in [0.717, 1.165) is 5.56 Å². The third-order valence-electron chi connectivity index (χ3n) is 4.72. The number of alkyl carbamates (subject to hydrolysis) is 1. The van der Waals surface area contributed by atoms with Crippen LogP contribution >= 0.6 is 22.9 Å². The van der Waals surface area contributed by atoms with E-state index in [4.69, 9.17) is 25.5 Å². The maximum absolute atomic E-state index is 13.2. The van der Waals surface area contributed by atoms with Crippen LogP contribution in [0.3, 0.4) is 0 Å². The molecule has 0 saturated carbocycles. The van der Waals surface area contributed by atoms with E-state index in [-0.39, 0.29) is 23.7 Å². The number of hydrogen-bond acceptors (Lipinski definition) is 9. The fourth-order valence-electron chi connectivity index (χ4n) is 3.32. The van der Waals surface area contributed by atoms with Crippen molar-refractivity contribution >= 4 is 52.0 Å². The minimum atomic E-state index is -0.735. The largest absolute Gasteiger partial charge is 0.455 e. The molecule has 0 bridgehead atoms. The Morgan fingerprint density at radius 3 is 2.42 bits per heavy atom. The number of fused-ring (bicyclic) bond motifs is 1. The fraction of sp³-hybridized carbons (Fsp3) is 0.542. The van der Waals surface area contributed by atoms with Gasteiger partial charge in [-0.1, -0.05) is 0 Å². The van der Waals surface area contributed by atoms with Crippen LogP contribution in [0.25, 0.3) is 11.1 Å². The second-order valence-electron chi connectivity index (χ2n) is 10.4. The van der Waals surface area contributed by atoms with Crippen LogP contribution in [0.15, 0.2) is 16.0 Å². The van der Waals surface area contributed by atoms with Crippen molar-refractivity contribution in [2.24, 2.45) is 0 Å². The molecule has 2 amide bonds. The number of nitrogens with one attached hydrogen (secondary N) is 1. The second kappa shape index (κ2) is 10.6. The predicted molar refractivity (Wildman–Crippen MR) is 139 cm³/mol. The summed E-state index contributed by atoms with van der Waals surface area (Å²) in [5.74, 6) is 0.751. The smallest absolute Gasteiger partial charge is 0.416 e. The van der Waals surface area contributed by atoms with Gasteiger partial charge in [-0.2, -0.15) is 4.98 Å². The highest BCUT2D eigenvalue weighted by Gasteiger charge is 2.30. The van der Waals surface area contributed by atoms with Crippen molar-refractivity contribution in [1.29, 1.82) is 0 Å². The highest BCUT2D eigenvalue weighted by atomic mass is 35.5. The molecule has 36 heavy (non-hydrogen) atoms. The molecule has 12 heteroatoms. The number of ether oxygens (including phenoxy) is 2. The Bertz CT molecular complexity index is 1230. The predicted octanol–water partition coefficient (Wildman–Crippen LogP) is 6.04. The number of rotatable bonds is 6. The molecule has 10 nitrogen and oxygen atoms in total. The topological polar surface area (TPSA) is 120 Å². The lowest BCUT2D eigenvalue weighted by atomic mass is 10.1. The van der Waals surface area contributed by atoms with Gasteiger partial charge < -0.3 is 19.2 Å². The molecule has 3 aromatic heterocycles. The number of aryl methyl sites for hydroxylation is 1. The van der Waals surface area contributed by atoms with Gasteiger partial charge in [0.1, 0.15) is 27.5 Å². The van der Waals surface area contributed by atoms with Gasteiger partial charge in [-0.05, 0) is 67.0 Å². The summed E-state index contributed by atoms with van der Waals surface area (Å²) in [7, 11) is 0. The van der Waals surface area contributed by atoms with Crippen molar-refractivity contribution in [2.45, 2.75) is 85.6 Å². The zero-order valence-corrected chi connectivity index (χ0v) is 23.3. The lowest BCUT2D eigenvalue weighted by molar-refractivity contribution is 0.0505. The Hall–Kier alpha value is -2.92. The SMILES string of the molecule is Cc1c(CC(C)NC(=O)OC(C)(C)C)oc2c(N(Cc3nccs3)C(=O)OC(C)(C)C)nc(Cl)nc12. The summed E-state index contributed by atoms with van der Waals surface area (Å²) in [6.45, 7) is 14.5. The molecule has 0 aliphatic carbocycles. The number of carbonyl (C=O) groups excluding carboxylic acids is 2. The van der Waals surface area contributed by atoms with E-state index in [0.29, 0.717) is 28.3 Å². The molecule has 3 aromatic rings. The van der Waals surface area contributed by atoms with Crippen molar-refractivity contribution in [2.75, 3.05) is 4.90 Å². The first-order chi connectivity index (χ1) is 16.6. The van der Waals surface area contributed by atoms with Gasteiger partial charge in [-0.25, -0.2) is 19.6 Å². The number of aromatic nitrogens is 3. The van der Waals surface area contributed by atoms with Crippen LogP contribution in [0.2, 0.25) is 5.28 Å². The minimum Gasteiger partial charge on any atom is -0.455 e. The number of carbonyl (C=O) groups is 2. The molecular formula is C24H32ClN5O5S. The molecule has 1 N–H and O–H groups in total. The van der Waals surface area contributed by atoms with Gasteiger partial charge >= 0.3 is 12.2 Å². The summed E-state index contributed by atoms with van der Waals surface area (Å²) in [5.41, 5.74) is 0.145. The van der Waals surface area contributed by atoms with Gasteiger partial charge in [0.25, 0.3) is 0 Å². The van der Waals surface area contributed by atoms with Crippen LogP contribution in [0, 0.1) is 6.92 Å². The lowest BCUT2D eigenvalue weighted by Crippen LogP contribution is -2.38. The van der Waals surface area contributed by atoms with Crippen LogP contribution in [0.5, 0.6) is 0 Å². The molecule has 0 aliphatic rings. The Labute approximate surface area is 219 Å². The van der Waals surface area contributed by atoms with E-state index in [1.165, 1.54) is 16.2 Å². The van der Waals surface area contributed by atoms with Crippen molar-refractivity contribution in [3.8, 4) is 0 Å². The summed E-state index contributed by atoms with van der Waals surface area (Å²) in [4.78, 5) is 39.7. The second-order valence-corrected chi connectivity index (χ2v) is 11.7. The summed E-state index contributed by atoms with van der Waals surface area (Å²) < 4.78 is 17.1. The Kier molecular flexibility index (Phi) is 8.14. The fourth-order valence-corrected chi connectivity index (χ4v) is 4.09. The average Bonchev–Trinajstić information content (AvgIpc) is 3.32. The highest BCUT2D eigenvalue weighted by Crippen LogP contribution is 2.34.